The predicted octanol–water partition coefficient (Wildman–Crippen LogP) is 5.37. The molecule has 0 saturated heterocycles. The van der Waals surface area contributed by atoms with E-state index in [1.807, 2.05) is 12.3 Å². The second-order valence-corrected chi connectivity index (χ2v) is 7.78. The summed E-state index contributed by atoms with van der Waals surface area (Å²) in [4.78, 5) is 6.82. The van der Waals surface area contributed by atoms with Crippen LogP contribution in [0, 0.1) is 13.8 Å². The number of rotatable bonds is 3. The Morgan fingerprint density at radius 2 is 1.67 bits per heavy atom. The van der Waals surface area contributed by atoms with Gasteiger partial charge in [0.05, 0.1) is 0 Å². The monoisotopic (exact) mass is 379 g/mol. The average Bonchev–Trinajstić information content (AvgIpc) is 3.00. The Bertz CT molecular complexity index is 985. The van der Waals surface area contributed by atoms with Crippen LogP contribution in [-0.2, 0) is 0 Å². The van der Waals surface area contributed by atoms with Crippen LogP contribution in [0.3, 0.4) is 0 Å². The number of hydrogen-bond acceptors (Lipinski definition) is 2. The summed E-state index contributed by atoms with van der Waals surface area (Å²) in [6.45, 7) is 4.17. The number of benzene rings is 2. The molecule has 4 aromatic rings. The van der Waals surface area contributed by atoms with E-state index in [1.54, 1.807) is 0 Å². The van der Waals surface area contributed by atoms with E-state index in [9.17, 15) is 0 Å². The zero-order valence-electron chi connectivity index (χ0n) is 13.6. The van der Waals surface area contributed by atoms with Gasteiger partial charge < -0.3 is 0 Å². The van der Waals surface area contributed by atoms with Gasteiger partial charge in [0.1, 0.15) is 0 Å². The molecular weight excluding hydrogens is 361 g/mol. The van der Waals surface area contributed by atoms with Gasteiger partial charge in [0, 0.05) is 0 Å². The fraction of sp³-hybridized carbons (Fsp3) is 0.0952. The number of aryl methyl sites for hydroxylation is 2. The van der Waals surface area contributed by atoms with E-state index in [1.165, 1.54) is 31.9 Å². The van der Waals surface area contributed by atoms with Gasteiger partial charge in [-0.05, 0) is 0 Å². The van der Waals surface area contributed by atoms with Crippen LogP contribution in [0.5, 0.6) is 11.6 Å². The Morgan fingerprint density at radius 1 is 0.917 bits per heavy atom. The van der Waals surface area contributed by atoms with Crippen molar-refractivity contribution in [1.82, 2.24) is 4.98 Å². The van der Waals surface area contributed by atoms with E-state index in [4.69, 9.17) is 4.74 Å². The molecule has 2 nitrogen and oxygen atoms in total. The van der Waals surface area contributed by atoms with Crippen LogP contribution in [0.1, 0.15) is 11.1 Å². The molecule has 118 valence electrons. The number of fused-ring (bicyclic) bond motifs is 1. The maximum absolute atomic E-state index is 6.14. The van der Waals surface area contributed by atoms with Gasteiger partial charge in [-0.25, -0.2) is 0 Å². The van der Waals surface area contributed by atoms with Crippen LogP contribution in [-0.4, -0.2) is 19.5 Å². The maximum atomic E-state index is 6.14. The van der Waals surface area contributed by atoms with Crippen LogP contribution in [0.2, 0.25) is 0 Å². The molecule has 0 atom stereocenters. The number of aromatic nitrogens is 1. The van der Waals surface area contributed by atoms with Gasteiger partial charge >= 0.3 is 147 Å². The molecule has 0 aliphatic carbocycles. The van der Waals surface area contributed by atoms with E-state index in [0.29, 0.717) is 0 Å². The molecule has 0 amide bonds. The summed E-state index contributed by atoms with van der Waals surface area (Å²) in [6.07, 6.45) is 1.84. The van der Waals surface area contributed by atoms with Gasteiger partial charge in [-0.3, -0.25) is 0 Å². The zero-order chi connectivity index (χ0) is 16.5. The average molecular weight is 378 g/mol. The van der Waals surface area contributed by atoms with Gasteiger partial charge in [0.2, 0.25) is 0 Å². The summed E-state index contributed by atoms with van der Waals surface area (Å²) >= 11 is 0.239. The first kappa shape index (κ1) is 15.2. The topological polar surface area (TPSA) is 22.1 Å². The van der Waals surface area contributed by atoms with Crippen LogP contribution in [0.25, 0.3) is 20.8 Å². The molecule has 0 bridgehead atoms. The molecule has 4 rings (SSSR count). The number of hydrogen-bond donors (Lipinski definition) is 0. The third-order valence-corrected chi connectivity index (χ3v) is 6.02. The normalized spacial score (nSPS) is 10.9. The Balaban J connectivity index is 1.79. The molecule has 2 aromatic carbocycles. The Morgan fingerprint density at radius 3 is 2.42 bits per heavy atom. The first-order valence-corrected chi connectivity index (χ1v) is 9.73. The van der Waals surface area contributed by atoms with Gasteiger partial charge in [-0.15, -0.1) is 0 Å². The Kier molecular flexibility index (Phi) is 3.97. The van der Waals surface area contributed by atoms with Crippen molar-refractivity contribution in [1.29, 1.82) is 0 Å². The standard InChI is InChI=1S/C21H17NOSe/c1-14-10-15(2)12-17(11-14)23-21-20-18(8-9-22-21)19(13-24-20)16-6-4-3-5-7-16/h3-13H,1-2H3. The van der Waals surface area contributed by atoms with Crippen LogP contribution in [0.15, 0.2) is 65.7 Å². The van der Waals surface area contributed by atoms with Crippen molar-refractivity contribution < 1.29 is 4.74 Å². The molecule has 0 aliphatic rings. The summed E-state index contributed by atoms with van der Waals surface area (Å²) in [5, 5.41) is 1.25. The van der Waals surface area contributed by atoms with Crippen LogP contribution >= 0.6 is 0 Å². The van der Waals surface area contributed by atoms with E-state index in [-0.39, 0.29) is 14.5 Å². The van der Waals surface area contributed by atoms with E-state index in [0.717, 1.165) is 11.6 Å². The molecule has 24 heavy (non-hydrogen) atoms. The van der Waals surface area contributed by atoms with Crippen LogP contribution < -0.4 is 4.74 Å². The van der Waals surface area contributed by atoms with Crippen molar-refractivity contribution in [2.75, 3.05) is 0 Å². The van der Waals surface area contributed by atoms with Gasteiger partial charge in [0.25, 0.3) is 0 Å². The molecule has 2 aromatic heterocycles. The molecule has 0 spiro atoms. The van der Waals surface area contributed by atoms with Crippen molar-refractivity contribution in [3.63, 3.8) is 0 Å². The summed E-state index contributed by atoms with van der Waals surface area (Å²) < 4.78 is 7.36. The summed E-state index contributed by atoms with van der Waals surface area (Å²) in [7, 11) is 0. The minimum atomic E-state index is 0.239. The summed E-state index contributed by atoms with van der Waals surface area (Å²) in [5.74, 6) is 1.59. The molecule has 2 heterocycles. The summed E-state index contributed by atoms with van der Waals surface area (Å²) in [6, 6.07) is 18.9. The van der Waals surface area contributed by atoms with Gasteiger partial charge in [-0.2, -0.15) is 0 Å². The molecule has 0 N–H and O–H groups in total. The molecule has 3 heteroatoms. The van der Waals surface area contributed by atoms with Crippen molar-refractivity contribution in [3.8, 4) is 22.8 Å². The second-order valence-electron chi connectivity index (χ2n) is 5.93. The van der Waals surface area contributed by atoms with E-state index in [2.05, 4.69) is 72.3 Å². The third kappa shape index (κ3) is 2.89. The predicted molar refractivity (Wildman–Crippen MR) is 100 cm³/mol. The fourth-order valence-corrected chi connectivity index (χ4v) is 5.05. The van der Waals surface area contributed by atoms with Crippen LogP contribution in [0.4, 0.5) is 0 Å². The summed E-state index contributed by atoms with van der Waals surface area (Å²) in [5.41, 5.74) is 4.94. The number of ether oxygens (including phenoxy) is 1. The number of pyridine rings is 1. The van der Waals surface area contributed by atoms with Gasteiger partial charge in [0.15, 0.2) is 0 Å². The first-order chi connectivity index (χ1) is 11.7. The van der Waals surface area contributed by atoms with E-state index < -0.39 is 0 Å². The van der Waals surface area contributed by atoms with E-state index >= 15 is 0 Å². The van der Waals surface area contributed by atoms with Crippen molar-refractivity contribution in [2.24, 2.45) is 0 Å². The molecule has 0 fully saturated rings. The molecule has 0 radical (unpaired) electrons. The van der Waals surface area contributed by atoms with Crippen molar-refractivity contribution in [2.45, 2.75) is 13.8 Å². The molecular formula is C21H17NOSe. The Hall–Kier alpha value is -2.35. The van der Waals surface area contributed by atoms with Crippen molar-refractivity contribution in [3.05, 3.63) is 76.9 Å². The van der Waals surface area contributed by atoms with Crippen molar-refractivity contribution >= 4 is 24.1 Å². The Labute approximate surface area is 147 Å². The first-order valence-electron chi connectivity index (χ1n) is 7.88. The van der Waals surface area contributed by atoms with Gasteiger partial charge in [-0.1, -0.05) is 0 Å². The minimum absolute atomic E-state index is 0.239. The quantitative estimate of drug-likeness (QED) is 0.447. The molecule has 0 saturated carbocycles. The number of nitrogens with zero attached hydrogens (tertiary/aromatic N) is 1. The molecule has 0 unspecified atom stereocenters. The third-order valence-electron chi connectivity index (χ3n) is 3.95. The SMILES string of the molecule is Cc1cc(C)cc(Oc2nccc3c(-c4ccccc4)c[se]c23)c1. The zero-order valence-corrected chi connectivity index (χ0v) is 15.3. The fourth-order valence-electron chi connectivity index (χ4n) is 2.95. The molecule has 0 aliphatic heterocycles. The second kappa shape index (κ2) is 6.27.